The van der Waals surface area contributed by atoms with E-state index in [1.807, 2.05) is 42.5 Å². The molecule has 4 heterocycles. The number of hydrogen-bond acceptors (Lipinski definition) is 5. The lowest BCUT2D eigenvalue weighted by Gasteiger charge is -2.07. The minimum absolute atomic E-state index is 0.276. The molecule has 0 aliphatic carbocycles. The zero-order valence-corrected chi connectivity index (χ0v) is 16.1. The van der Waals surface area contributed by atoms with Gasteiger partial charge in [0.1, 0.15) is 0 Å². The maximum atomic E-state index is 12.8. The zero-order chi connectivity index (χ0) is 20.5. The van der Waals surface area contributed by atoms with Crippen LogP contribution in [-0.2, 0) is 0 Å². The summed E-state index contributed by atoms with van der Waals surface area (Å²) in [5.41, 5.74) is 5.17. The van der Waals surface area contributed by atoms with Crippen molar-refractivity contribution >= 4 is 10.9 Å². The molecule has 5 aromatic rings. The molecule has 4 aromatic heterocycles. The van der Waals surface area contributed by atoms with Gasteiger partial charge in [-0.3, -0.25) is 9.78 Å². The molecule has 0 amide bonds. The highest BCUT2D eigenvalue weighted by Crippen LogP contribution is 2.37. The number of benzene rings is 1. The van der Waals surface area contributed by atoms with Gasteiger partial charge >= 0.3 is 0 Å². The smallest absolute Gasteiger partial charge is 0.273 e. The molecule has 0 unspecified atom stereocenters. The number of rotatable bonds is 4. The van der Waals surface area contributed by atoms with Gasteiger partial charge in [0, 0.05) is 52.3 Å². The molecule has 0 bridgehead atoms. The number of methoxy groups -OCH3 is 1. The number of ether oxygens (including phenoxy) is 1. The molecule has 0 aliphatic heterocycles. The number of para-hydroxylation sites is 1. The highest BCUT2D eigenvalue weighted by atomic mass is 16.5. The Morgan fingerprint density at radius 1 is 0.967 bits per heavy atom. The van der Waals surface area contributed by atoms with Crippen molar-refractivity contribution in [3.05, 3.63) is 83.5 Å². The monoisotopic (exact) mass is 395 g/mol. The second kappa shape index (κ2) is 7.29. The van der Waals surface area contributed by atoms with E-state index in [4.69, 9.17) is 4.74 Å². The van der Waals surface area contributed by atoms with Crippen LogP contribution in [0.1, 0.15) is 0 Å². The van der Waals surface area contributed by atoms with Crippen LogP contribution in [0.4, 0.5) is 0 Å². The maximum absolute atomic E-state index is 12.8. The third-order valence-electron chi connectivity index (χ3n) is 4.99. The lowest BCUT2D eigenvalue weighted by Crippen LogP contribution is -2.12. The quantitative estimate of drug-likeness (QED) is 0.478. The minimum Gasteiger partial charge on any atom is -0.481 e. The molecular formula is C23H17N5O2. The first kappa shape index (κ1) is 17.8. The summed E-state index contributed by atoms with van der Waals surface area (Å²) in [6, 6.07) is 17.2. The molecule has 7 nitrogen and oxygen atoms in total. The Morgan fingerprint density at radius 2 is 1.80 bits per heavy atom. The summed E-state index contributed by atoms with van der Waals surface area (Å²) in [7, 11) is 1.58. The van der Waals surface area contributed by atoms with Gasteiger partial charge in [-0.1, -0.05) is 18.2 Å². The van der Waals surface area contributed by atoms with E-state index >= 15 is 0 Å². The van der Waals surface area contributed by atoms with Crippen LogP contribution < -0.4 is 10.3 Å². The second-order valence-electron chi connectivity index (χ2n) is 6.74. The standard InChI is InChI=1S/C23H17N5O2/c1-30-20-7-6-15(13-25-20)21-16-4-2-3-5-18(16)26-22(21)17-12-19(27-28-23(17)29)14-8-10-24-11-9-14/h2-13,26H,1H3,(H,28,29). The first-order valence-corrected chi connectivity index (χ1v) is 9.36. The molecule has 5 rings (SSSR count). The number of aromatic amines is 2. The third kappa shape index (κ3) is 3.02. The fourth-order valence-electron chi connectivity index (χ4n) is 3.55. The van der Waals surface area contributed by atoms with Crippen LogP contribution >= 0.6 is 0 Å². The molecule has 0 spiro atoms. The Kier molecular flexibility index (Phi) is 4.33. The summed E-state index contributed by atoms with van der Waals surface area (Å²) in [5.74, 6) is 0.530. The lowest BCUT2D eigenvalue weighted by molar-refractivity contribution is 0.398. The van der Waals surface area contributed by atoms with E-state index in [1.54, 1.807) is 37.8 Å². The summed E-state index contributed by atoms with van der Waals surface area (Å²) in [6.45, 7) is 0. The number of H-pyrrole nitrogens is 2. The van der Waals surface area contributed by atoms with Gasteiger partial charge in [0.15, 0.2) is 0 Å². The van der Waals surface area contributed by atoms with Gasteiger partial charge in [-0.05, 0) is 30.3 Å². The predicted molar refractivity (Wildman–Crippen MR) is 115 cm³/mol. The average molecular weight is 395 g/mol. The number of fused-ring (bicyclic) bond motifs is 1. The molecule has 0 saturated carbocycles. The van der Waals surface area contributed by atoms with E-state index in [-0.39, 0.29) is 5.56 Å². The largest absolute Gasteiger partial charge is 0.481 e. The van der Waals surface area contributed by atoms with Crippen LogP contribution in [0.2, 0.25) is 0 Å². The van der Waals surface area contributed by atoms with Crippen LogP contribution in [0, 0.1) is 0 Å². The predicted octanol–water partition coefficient (Wildman–Crippen LogP) is 4.05. The zero-order valence-electron chi connectivity index (χ0n) is 16.1. The molecule has 1 aromatic carbocycles. The highest BCUT2D eigenvalue weighted by molar-refractivity contribution is 6.03. The van der Waals surface area contributed by atoms with Gasteiger partial charge in [-0.15, -0.1) is 0 Å². The van der Waals surface area contributed by atoms with Crippen LogP contribution in [0.5, 0.6) is 5.88 Å². The van der Waals surface area contributed by atoms with Crippen molar-refractivity contribution in [1.82, 2.24) is 25.1 Å². The van der Waals surface area contributed by atoms with E-state index in [2.05, 4.69) is 25.1 Å². The van der Waals surface area contributed by atoms with E-state index in [1.165, 1.54) is 0 Å². The summed E-state index contributed by atoms with van der Waals surface area (Å²) in [4.78, 5) is 24.6. The van der Waals surface area contributed by atoms with Gasteiger partial charge in [0.25, 0.3) is 5.56 Å². The lowest BCUT2D eigenvalue weighted by atomic mass is 9.99. The topological polar surface area (TPSA) is 96.5 Å². The summed E-state index contributed by atoms with van der Waals surface area (Å²) in [5, 5.41) is 7.83. The van der Waals surface area contributed by atoms with Crippen LogP contribution in [0.3, 0.4) is 0 Å². The van der Waals surface area contributed by atoms with Crippen molar-refractivity contribution < 1.29 is 4.74 Å². The first-order chi connectivity index (χ1) is 14.7. The molecule has 0 aliphatic rings. The molecule has 2 N–H and O–H groups in total. The van der Waals surface area contributed by atoms with Crippen LogP contribution in [-0.4, -0.2) is 32.3 Å². The Balaban J connectivity index is 1.76. The molecule has 30 heavy (non-hydrogen) atoms. The Hall–Kier alpha value is -4.26. The fourth-order valence-corrected chi connectivity index (χ4v) is 3.55. The fraction of sp³-hybridized carbons (Fsp3) is 0.0435. The van der Waals surface area contributed by atoms with Crippen molar-refractivity contribution in [3.8, 4) is 39.5 Å². The molecule has 146 valence electrons. The van der Waals surface area contributed by atoms with Crippen molar-refractivity contribution in [3.63, 3.8) is 0 Å². The van der Waals surface area contributed by atoms with Crippen molar-refractivity contribution in [1.29, 1.82) is 0 Å². The van der Waals surface area contributed by atoms with Gasteiger partial charge < -0.3 is 9.72 Å². The molecule has 0 radical (unpaired) electrons. The minimum atomic E-state index is -0.276. The normalized spacial score (nSPS) is 11.0. The Morgan fingerprint density at radius 3 is 2.57 bits per heavy atom. The van der Waals surface area contributed by atoms with Crippen LogP contribution in [0.25, 0.3) is 44.5 Å². The second-order valence-corrected chi connectivity index (χ2v) is 6.74. The summed E-state index contributed by atoms with van der Waals surface area (Å²) < 4.78 is 5.19. The number of hydrogen-bond donors (Lipinski definition) is 2. The SMILES string of the molecule is COc1ccc(-c2c(-c3cc(-c4ccncc4)n[nH]c3=O)[nH]c3ccccc23)cn1. The number of pyridine rings is 2. The summed E-state index contributed by atoms with van der Waals surface area (Å²) >= 11 is 0. The van der Waals surface area contributed by atoms with E-state index in [9.17, 15) is 4.79 Å². The van der Waals surface area contributed by atoms with Gasteiger partial charge in [0.05, 0.1) is 24.1 Å². The van der Waals surface area contributed by atoms with E-state index in [0.717, 1.165) is 27.6 Å². The third-order valence-corrected chi connectivity index (χ3v) is 4.99. The molecule has 0 atom stereocenters. The Bertz CT molecular complexity index is 1390. The summed E-state index contributed by atoms with van der Waals surface area (Å²) in [6.07, 6.45) is 5.13. The number of nitrogens with one attached hydrogen (secondary N) is 2. The number of nitrogens with zero attached hydrogens (tertiary/aromatic N) is 3. The molecular weight excluding hydrogens is 378 g/mol. The Labute approximate surface area is 171 Å². The molecule has 7 heteroatoms. The van der Waals surface area contributed by atoms with Gasteiger partial charge in [-0.25, -0.2) is 10.1 Å². The average Bonchev–Trinajstić information content (AvgIpc) is 3.19. The van der Waals surface area contributed by atoms with Gasteiger partial charge in [-0.2, -0.15) is 5.10 Å². The van der Waals surface area contributed by atoms with E-state index in [0.29, 0.717) is 22.8 Å². The van der Waals surface area contributed by atoms with Crippen molar-refractivity contribution in [2.75, 3.05) is 7.11 Å². The number of aromatic nitrogens is 5. The van der Waals surface area contributed by atoms with Crippen molar-refractivity contribution in [2.45, 2.75) is 0 Å². The van der Waals surface area contributed by atoms with Crippen molar-refractivity contribution in [2.24, 2.45) is 0 Å². The van der Waals surface area contributed by atoms with Crippen LogP contribution in [0.15, 0.2) is 78.0 Å². The van der Waals surface area contributed by atoms with Gasteiger partial charge in [0.2, 0.25) is 5.88 Å². The molecule has 0 saturated heterocycles. The highest BCUT2D eigenvalue weighted by Gasteiger charge is 2.18. The molecule has 0 fully saturated rings. The van der Waals surface area contributed by atoms with E-state index < -0.39 is 0 Å². The maximum Gasteiger partial charge on any atom is 0.273 e. The first-order valence-electron chi connectivity index (χ1n) is 9.36.